The number of para-hydroxylation sites is 1. The van der Waals surface area contributed by atoms with E-state index >= 15 is 0 Å². The normalized spacial score (nSPS) is 18.5. The van der Waals surface area contributed by atoms with Crippen LogP contribution in [0.1, 0.15) is 39.2 Å². The number of hydrogen-bond acceptors (Lipinski definition) is 5. The first-order valence-electron chi connectivity index (χ1n) is 11.5. The molecule has 10 heteroatoms. The van der Waals surface area contributed by atoms with Crippen molar-refractivity contribution >= 4 is 34.6 Å². The van der Waals surface area contributed by atoms with Crippen LogP contribution in [0.5, 0.6) is 0 Å². The van der Waals surface area contributed by atoms with Crippen LogP contribution in [-0.2, 0) is 25.6 Å². The summed E-state index contributed by atoms with van der Waals surface area (Å²) in [6.07, 6.45) is 2.95. The lowest BCUT2D eigenvalue weighted by Gasteiger charge is -2.27. The van der Waals surface area contributed by atoms with Crippen LogP contribution in [0.2, 0.25) is 0 Å². The summed E-state index contributed by atoms with van der Waals surface area (Å²) < 4.78 is 0. The van der Waals surface area contributed by atoms with Crippen LogP contribution in [0, 0.1) is 5.92 Å². The van der Waals surface area contributed by atoms with E-state index in [4.69, 9.17) is 5.73 Å². The molecule has 1 fully saturated rings. The Labute approximate surface area is 198 Å². The minimum Gasteiger partial charge on any atom is -0.480 e. The zero-order valence-corrected chi connectivity index (χ0v) is 19.7. The highest BCUT2D eigenvalue weighted by atomic mass is 16.4. The Kier molecular flexibility index (Phi) is 7.93. The van der Waals surface area contributed by atoms with Gasteiger partial charge in [-0.1, -0.05) is 32.0 Å². The molecule has 6 N–H and O–H groups in total. The van der Waals surface area contributed by atoms with Gasteiger partial charge in [0.1, 0.15) is 18.1 Å². The van der Waals surface area contributed by atoms with Gasteiger partial charge in [-0.2, -0.15) is 0 Å². The summed E-state index contributed by atoms with van der Waals surface area (Å²) in [5.41, 5.74) is 7.72. The number of aromatic nitrogens is 1. The standard InChI is InChI=1S/C24H33N5O5/c1-13(2)20(25)22(31)28-18(11-15-12-26-17-8-5-4-7-16(15)17)21(30)27-14(3)23(32)29-10-6-9-19(29)24(33)34/h4-5,7-8,12-14,18-20,26H,6,9-11,25H2,1-3H3,(H,27,30)(H,28,31)(H,33,34). The molecule has 2 aromatic rings. The Morgan fingerprint density at radius 3 is 2.53 bits per heavy atom. The van der Waals surface area contributed by atoms with Crippen LogP contribution >= 0.6 is 0 Å². The lowest BCUT2D eigenvalue weighted by Crippen LogP contribution is -2.57. The van der Waals surface area contributed by atoms with Gasteiger partial charge in [-0.3, -0.25) is 14.4 Å². The number of aromatic amines is 1. The fraction of sp³-hybridized carbons (Fsp3) is 0.500. The summed E-state index contributed by atoms with van der Waals surface area (Å²) in [4.78, 5) is 54.6. The number of carboxylic acid groups (broad SMARTS) is 1. The molecule has 1 aliphatic heterocycles. The van der Waals surface area contributed by atoms with Gasteiger partial charge in [0.15, 0.2) is 0 Å². The molecule has 3 rings (SSSR count). The zero-order valence-electron chi connectivity index (χ0n) is 19.7. The number of H-pyrrole nitrogens is 1. The Bertz CT molecular complexity index is 1060. The minimum absolute atomic E-state index is 0.125. The number of carbonyl (C=O) groups is 4. The van der Waals surface area contributed by atoms with Gasteiger partial charge in [0, 0.05) is 30.1 Å². The van der Waals surface area contributed by atoms with Gasteiger partial charge >= 0.3 is 5.97 Å². The smallest absolute Gasteiger partial charge is 0.326 e. The number of fused-ring (bicyclic) bond motifs is 1. The Morgan fingerprint density at radius 1 is 1.15 bits per heavy atom. The maximum absolute atomic E-state index is 13.2. The van der Waals surface area contributed by atoms with E-state index in [2.05, 4.69) is 15.6 Å². The molecule has 0 aliphatic carbocycles. The van der Waals surface area contributed by atoms with Crippen molar-refractivity contribution in [2.45, 2.75) is 64.2 Å². The summed E-state index contributed by atoms with van der Waals surface area (Å²) in [5, 5.41) is 15.7. The fourth-order valence-corrected chi connectivity index (χ4v) is 4.21. The average Bonchev–Trinajstić information content (AvgIpc) is 3.45. The third-order valence-electron chi connectivity index (χ3n) is 6.30. The van der Waals surface area contributed by atoms with Crippen LogP contribution in [0.3, 0.4) is 0 Å². The molecular formula is C24H33N5O5. The van der Waals surface area contributed by atoms with Gasteiger partial charge in [-0.25, -0.2) is 4.79 Å². The van der Waals surface area contributed by atoms with Gasteiger partial charge in [0.05, 0.1) is 6.04 Å². The summed E-state index contributed by atoms with van der Waals surface area (Å²) >= 11 is 0. The quantitative estimate of drug-likeness (QED) is 0.363. The van der Waals surface area contributed by atoms with E-state index in [-0.39, 0.29) is 12.3 Å². The maximum Gasteiger partial charge on any atom is 0.326 e. The monoisotopic (exact) mass is 471 g/mol. The SMILES string of the molecule is CC(NC(=O)C(Cc1c[nH]c2ccccc12)NC(=O)C(N)C(C)C)C(=O)N1CCCC1C(=O)O. The van der Waals surface area contributed by atoms with Gasteiger partial charge in [0.2, 0.25) is 17.7 Å². The zero-order chi connectivity index (χ0) is 25.0. The number of nitrogens with zero attached hydrogens (tertiary/aromatic N) is 1. The summed E-state index contributed by atoms with van der Waals surface area (Å²) in [6.45, 7) is 5.47. The summed E-state index contributed by atoms with van der Waals surface area (Å²) in [6, 6.07) is 4.01. The highest BCUT2D eigenvalue weighted by Crippen LogP contribution is 2.20. The Balaban J connectivity index is 1.77. The second-order valence-corrected chi connectivity index (χ2v) is 9.15. The number of amides is 3. The van der Waals surface area contributed by atoms with E-state index in [0.717, 1.165) is 16.5 Å². The van der Waals surface area contributed by atoms with Gasteiger partial charge in [-0.15, -0.1) is 0 Å². The molecule has 4 atom stereocenters. The summed E-state index contributed by atoms with van der Waals surface area (Å²) in [7, 11) is 0. The van der Waals surface area contributed by atoms with E-state index < -0.39 is 47.9 Å². The van der Waals surface area contributed by atoms with Crippen LogP contribution in [0.25, 0.3) is 10.9 Å². The largest absolute Gasteiger partial charge is 0.480 e. The predicted octanol–water partition coefficient (Wildman–Crippen LogP) is 0.759. The number of carboxylic acids is 1. The molecule has 0 bridgehead atoms. The van der Waals surface area contributed by atoms with E-state index in [9.17, 15) is 24.3 Å². The molecule has 4 unspecified atom stereocenters. The first-order valence-corrected chi connectivity index (χ1v) is 11.5. The van der Waals surface area contributed by atoms with E-state index in [1.54, 1.807) is 6.20 Å². The van der Waals surface area contributed by atoms with Gasteiger partial charge in [0.25, 0.3) is 0 Å². The van der Waals surface area contributed by atoms with Crippen LogP contribution < -0.4 is 16.4 Å². The number of likely N-dealkylation sites (tertiary alicyclic amines) is 1. The molecule has 1 aliphatic rings. The second-order valence-electron chi connectivity index (χ2n) is 9.15. The molecule has 1 saturated heterocycles. The van der Waals surface area contributed by atoms with Gasteiger partial charge in [-0.05, 0) is 37.3 Å². The van der Waals surface area contributed by atoms with E-state index in [1.807, 2.05) is 38.1 Å². The molecule has 10 nitrogen and oxygen atoms in total. The number of nitrogens with two attached hydrogens (primary N) is 1. The van der Waals surface area contributed by atoms with E-state index in [1.165, 1.54) is 11.8 Å². The molecule has 3 amide bonds. The summed E-state index contributed by atoms with van der Waals surface area (Å²) in [5.74, 6) is -2.65. The first kappa shape index (κ1) is 25.2. The minimum atomic E-state index is -1.06. The second kappa shape index (κ2) is 10.7. The predicted molar refractivity (Wildman–Crippen MR) is 127 cm³/mol. The van der Waals surface area contributed by atoms with Crippen molar-refractivity contribution in [1.29, 1.82) is 0 Å². The highest BCUT2D eigenvalue weighted by molar-refractivity contribution is 5.95. The molecule has 1 aromatic heterocycles. The van der Waals surface area contributed by atoms with Crippen molar-refractivity contribution in [2.24, 2.45) is 11.7 Å². The highest BCUT2D eigenvalue weighted by Gasteiger charge is 2.37. The molecule has 0 spiro atoms. The Hall–Kier alpha value is -3.40. The maximum atomic E-state index is 13.2. The van der Waals surface area contributed by atoms with Crippen molar-refractivity contribution in [1.82, 2.24) is 20.5 Å². The lowest BCUT2D eigenvalue weighted by atomic mass is 10.0. The number of hydrogen-bond donors (Lipinski definition) is 5. The van der Waals surface area contributed by atoms with Crippen LogP contribution in [0.15, 0.2) is 30.5 Å². The van der Waals surface area contributed by atoms with Crippen molar-refractivity contribution in [3.63, 3.8) is 0 Å². The third-order valence-corrected chi connectivity index (χ3v) is 6.30. The Morgan fingerprint density at radius 2 is 1.85 bits per heavy atom. The number of aliphatic carboxylic acids is 1. The topological polar surface area (TPSA) is 158 Å². The third kappa shape index (κ3) is 5.56. The van der Waals surface area contributed by atoms with Crippen molar-refractivity contribution in [2.75, 3.05) is 6.54 Å². The first-order chi connectivity index (χ1) is 16.1. The van der Waals surface area contributed by atoms with Crippen molar-refractivity contribution in [3.05, 3.63) is 36.0 Å². The lowest BCUT2D eigenvalue weighted by molar-refractivity contribution is -0.149. The number of nitrogens with one attached hydrogen (secondary N) is 3. The fourth-order valence-electron chi connectivity index (χ4n) is 4.21. The molecule has 34 heavy (non-hydrogen) atoms. The number of benzene rings is 1. The van der Waals surface area contributed by atoms with E-state index in [0.29, 0.717) is 19.4 Å². The van der Waals surface area contributed by atoms with Crippen LogP contribution in [0.4, 0.5) is 0 Å². The molecule has 1 aromatic carbocycles. The van der Waals surface area contributed by atoms with Crippen molar-refractivity contribution in [3.8, 4) is 0 Å². The van der Waals surface area contributed by atoms with Gasteiger partial charge < -0.3 is 31.4 Å². The molecular weight excluding hydrogens is 438 g/mol. The molecule has 184 valence electrons. The molecule has 0 saturated carbocycles. The average molecular weight is 472 g/mol. The number of rotatable bonds is 9. The molecule has 0 radical (unpaired) electrons. The van der Waals surface area contributed by atoms with Crippen LogP contribution in [-0.4, -0.2) is 69.4 Å². The van der Waals surface area contributed by atoms with Crippen molar-refractivity contribution < 1.29 is 24.3 Å². The number of carbonyl (C=O) groups excluding carboxylic acids is 3. The molecule has 2 heterocycles.